The van der Waals surface area contributed by atoms with E-state index < -0.39 is 0 Å². The van der Waals surface area contributed by atoms with Crippen LogP contribution in [0.25, 0.3) is 154 Å². The minimum atomic E-state index is 0.672. The average molecular weight is 1060 g/mol. The van der Waals surface area contributed by atoms with Crippen LogP contribution in [0.1, 0.15) is 0 Å². The summed E-state index contributed by atoms with van der Waals surface area (Å²) in [6.07, 6.45) is 0. The number of benzene rings is 15. The van der Waals surface area contributed by atoms with E-state index in [1.165, 1.54) is 86.9 Å². The molecule has 0 aromatic heterocycles. The lowest BCUT2D eigenvalue weighted by molar-refractivity contribution is 1.56. The first-order valence-corrected chi connectivity index (χ1v) is 28.0. The van der Waals surface area contributed by atoms with Crippen LogP contribution in [0.4, 0.5) is 0 Å². The van der Waals surface area contributed by atoms with Crippen LogP contribution in [0.3, 0.4) is 0 Å². The van der Waals surface area contributed by atoms with Crippen molar-refractivity contribution in [3.05, 3.63) is 301 Å². The predicted octanol–water partition coefficient (Wildman–Crippen LogP) is 23.2. The Balaban J connectivity index is 0.975. The number of fused-ring (bicyclic) bond motifs is 12. The van der Waals surface area contributed by atoms with Crippen molar-refractivity contribution in [2.24, 2.45) is 0 Å². The van der Waals surface area contributed by atoms with Crippen LogP contribution >= 0.6 is 23.2 Å². The van der Waals surface area contributed by atoms with Crippen LogP contribution < -0.4 is 0 Å². The molecule has 15 aromatic carbocycles. The van der Waals surface area contributed by atoms with E-state index in [-0.39, 0.29) is 0 Å². The highest BCUT2D eigenvalue weighted by Crippen LogP contribution is 2.53. The fourth-order valence-corrected chi connectivity index (χ4v) is 13.3. The van der Waals surface area contributed by atoms with Gasteiger partial charge in [0.25, 0.3) is 0 Å². The molecule has 0 radical (unpaired) electrons. The predicted molar refractivity (Wildman–Crippen MR) is 345 cm³/mol. The molecule has 2 heteroatoms. The number of hydrogen-bond acceptors (Lipinski definition) is 0. The molecule has 0 atom stereocenters. The third kappa shape index (κ3) is 7.90. The van der Waals surface area contributed by atoms with Gasteiger partial charge < -0.3 is 0 Å². The molecule has 0 saturated carbocycles. The lowest BCUT2D eigenvalue weighted by Gasteiger charge is -2.23. The maximum atomic E-state index is 7.13. The quantitative estimate of drug-likeness (QED) is 0.133. The van der Waals surface area contributed by atoms with E-state index in [0.717, 1.165) is 66.8 Å². The normalized spacial score (nSPS) is 11.6. The Bertz CT molecular complexity index is 4600. The first kappa shape index (κ1) is 47.6. The summed E-state index contributed by atoms with van der Waals surface area (Å²) in [7, 11) is 0. The van der Waals surface area contributed by atoms with Gasteiger partial charge in [-0.25, -0.2) is 0 Å². The van der Waals surface area contributed by atoms with E-state index in [2.05, 4.69) is 279 Å². The Morgan fingerprint density at radius 3 is 0.750 bits per heavy atom. The Hall–Kier alpha value is -9.56. The summed E-state index contributed by atoms with van der Waals surface area (Å²) in [4.78, 5) is 0. The van der Waals surface area contributed by atoms with Crippen molar-refractivity contribution in [1.82, 2.24) is 0 Å². The molecule has 0 aliphatic heterocycles. The molecule has 374 valence electrons. The van der Waals surface area contributed by atoms with Crippen molar-refractivity contribution in [2.75, 3.05) is 0 Å². The molecule has 0 fully saturated rings. The SMILES string of the molecule is Clc1ccc(-c2cc(-c3ccccc3)c3c4ccccc4c4ccccc4c3c2-c2ccccc2)c(-c2ccc(-c3cc(Cl)ccc3-c3cc(-c4ccccc4)c4c5ccccc5c5ccccc5c4c3-c3ccccc3)cc2)c1. The third-order valence-electron chi connectivity index (χ3n) is 16.4. The zero-order valence-electron chi connectivity index (χ0n) is 43.5. The summed E-state index contributed by atoms with van der Waals surface area (Å²) >= 11 is 14.3. The second-order valence-corrected chi connectivity index (χ2v) is 21.7. The number of hydrogen-bond donors (Lipinski definition) is 0. The summed E-state index contributed by atoms with van der Waals surface area (Å²) in [6, 6.07) is 106. The van der Waals surface area contributed by atoms with Crippen LogP contribution in [0.5, 0.6) is 0 Å². The van der Waals surface area contributed by atoms with Gasteiger partial charge in [0.15, 0.2) is 0 Å². The van der Waals surface area contributed by atoms with Crippen LogP contribution in [0.15, 0.2) is 291 Å². The fraction of sp³-hybridized carbons (Fsp3) is 0. The van der Waals surface area contributed by atoms with E-state index >= 15 is 0 Å². The Kier molecular flexibility index (Phi) is 11.7. The molecule has 80 heavy (non-hydrogen) atoms. The Morgan fingerprint density at radius 2 is 0.425 bits per heavy atom. The first-order chi connectivity index (χ1) is 39.6. The van der Waals surface area contributed by atoms with Gasteiger partial charge in [0, 0.05) is 10.0 Å². The molecule has 0 unspecified atom stereocenters. The van der Waals surface area contributed by atoms with Crippen molar-refractivity contribution in [2.45, 2.75) is 0 Å². The van der Waals surface area contributed by atoms with Gasteiger partial charge in [0.1, 0.15) is 0 Å². The van der Waals surface area contributed by atoms with Gasteiger partial charge in [-0.15, -0.1) is 0 Å². The van der Waals surface area contributed by atoms with E-state index in [1.807, 2.05) is 12.1 Å². The highest BCUT2D eigenvalue weighted by molar-refractivity contribution is 6.35. The van der Waals surface area contributed by atoms with Gasteiger partial charge in [0.2, 0.25) is 0 Å². The topological polar surface area (TPSA) is 0 Å². The third-order valence-corrected chi connectivity index (χ3v) is 16.8. The lowest BCUT2D eigenvalue weighted by Crippen LogP contribution is -1.96. The molecule has 0 bridgehead atoms. The maximum absolute atomic E-state index is 7.13. The average Bonchev–Trinajstić information content (AvgIpc) is 3.66. The number of halogens is 2. The standard InChI is InChI=1S/C78H48Cl2/c79-55-41-43-61(71-47-69(49-21-5-1-6-22-49)75-63-33-17-13-29-57(63)59-31-15-19-35-65(59)77(75)73(71)53-25-9-3-10-26-53)67(45-55)51-37-39-52(40-38-51)68-46-56(80)42-44-62(68)72-48-70(50-23-7-2-8-24-50)76-64-34-18-14-30-58(64)60-32-16-20-36-66(60)78(76)74(72)54-27-11-4-12-28-54/h1-48H. The summed E-state index contributed by atoms with van der Waals surface area (Å²) in [6.45, 7) is 0. The van der Waals surface area contributed by atoms with Crippen LogP contribution in [-0.4, -0.2) is 0 Å². The molecule has 15 aromatic rings. The molecular formula is C78H48Cl2. The summed E-state index contributed by atoms with van der Waals surface area (Å²) in [5.41, 5.74) is 18.0. The largest absolute Gasteiger partial charge is 0.0843 e. The van der Waals surface area contributed by atoms with Gasteiger partial charge in [-0.2, -0.15) is 0 Å². The van der Waals surface area contributed by atoms with Crippen LogP contribution in [-0.2, 0) is 0 Å². The van der Waals surface area contributed by atoms with E-state index in [4.69, 9.17) is 23.2 Å². The van der Waals surface area contributed by atoms with Gasteiger partial charge in [-0.05, 0) is 190 Å². The van der Waals surface area contributed by atoms with Crippen molar-refractivity contribution < 1.29 is 0 Å². The van der Waals surface area contributed by atoms with E-state index in [1.54, 1.807) is 0 Å². The first-order valence-electron chi connectivity index (χ1n) is 27.3. The monoisotopic (exact) mass is 1050 g/mol. The number of rotatable bonds is 8. The summed E-state index contributed by atoms with van der Waals surface area (Å²) in [5, 5.41) is 16.1. The minimum Gasteiger partial charge on any atom is -0.0843 e. The maximum Gasteiger partial charge on any atom is 0.0412 e. The molecule has 0 amide bonds. The van der Waals surface area contributed by atoms with E-state index in [0.29, 0.717) is 10.0 Å². The van der Waals surface area contributed by atoms with E-state index in [9.17, 15) is 0 Å². The van der Waals surface area contributed by atoms with Gasteiger partial charge in [-0.1, -0.05) is 278 Å². The Morgan fingerprint density at radius 1 is 0.163 bits per heavy atom. The van der Waals surface area contributed by atoms with Crippen molar-refractivity contribution in [1.29, 1.82) is 0 Å². The lowest BCUT2D eigenvalue weighted by atomic mass is 9.80. The molecule has 0 nitrogen and oxygen atoms in total. The molecule has 0 N–H and O–H groups in total. The molecule has 15 rings (SSSR count). The van der Waals surface area contributed by atoms with Crippen LogP contribution in [0.2, 0.25) is 10.0 Å². The van der Waals surface area contributed by atoms with Gasteiger partial charge in [-0.3, -0.25) is 0 Å². The molecule has 0 aliphatic rings. The zero-order valence-corrected chi connectivity index (χ0v) is 45.0. The molecule has 0 aliphatic carbocycles. The van der Waals surface area contributed by atoms with Gasteiger partial charge in [0.05, 0.1) is 0 Å². The highest BCUT2D eigenvalue weighted by atomic mass is 35.5. The minimum absolute atomic E-state index is 0.672. The zero-order chi connectivity index (χ0) is 53.3. The smallest absolute Gasteiger partial charge is 0.0412 e. The second kappa shape index (κ2) is 19.7. The molecule has 0 spiro atoms. The van der Waals surface area contributed by atoms with Crippen molar-refractivity contribution in [3.63, 3.8) is 0 Å². The summed E-state index contributed by atoms with van der Waals surface area (Å²) < 4.78 is 0. The second-order valence-electron chi connectivity index (χ2n) is 20.8. The molecule has 0 heterocycles. The van der Waals surface area contributed by atoms with Crippen molar-refractivity contribution in [3.8, 4) is 89.0 Å². The fourth-order valence-electron chi connectivity index (χ4n) is 12.9. The van der Waals surface area contributed by atoms with Gasteiger partial charge >= 0.3 is 0 Å². The Labute approximate surface area is 475 Å². The molecule has 0 saturated heterocycles. The molecular weight excluding hydrogens is 1010 g/mol. The van der Waals surface area contributed by atoms with Crippen LogP contribution in [0, 0.1) is 0 Å². The summed E-state index contributed by atoms with van der Waals surface area (Å²) in [5.74, 6) is 0. The highest BCUT2D eigenvalue weighted by Gasteiger charge is 2.26. The van der Waals surface area contributed by atoms with Crippen molar-refractivity contribution >= 4 is 87.8 Å².